The van der Waals surface area contributed by atoms with Gasteiger partial charge in [-0.15, -0.1) is 0 Å². The van der Waals surface area contributed by atoms with Gasteiger partial charge in [-0.05, 0) is 36.4 Å². The lowest BCUT2D eigenvalue weighted by Gasteiger charge is -2.06. The normalized spacial score (nSPS) is 11.0. The van der Waals surface area contributed by atoms with Crippen LogP contribution in [0.25, 0.3) is 22.2 Å². The number of methoxy groups -OCH3 is 1. The highest BCUT2D eigenvalue weighted by molar-refractivity contribution is 6.06. The Morgan fingerprint density at radius 3 is 2.73 bits per heavy atom. The van der Waals surface area contributed by atoms with Gasteiger partial charge in [0, 0.05) is 22.7 Å². The Morgan fingerprint density at radius 2 is 1.96 bits per heavy atom. The van der Waals surface area contributed by atoms with Crippen LogP contribution in [0, 0.1) is 0 Å². The summed E-state index contributed by atoms with van der Waals surface area (Å²) in [5, 5.41) is 10.1. The highest BCUT2D eigenvalue weighted by Crippen LogP contribution is 2.32. The Hall–Kier alpha value is -3.31. The zero-order valence-electron chi connectivity index (χ0n) is 14.2. The molecule has 2 heterocycles. The largest absolute Gasteiger partial charge is 0.497 e. The minimum Gasteiger partial charge on any atom is -0.497 e. The van der Waals surface area contributed by atoms with Crippen LogP contribution in [0.2, 0.25) is 0 Å². The molecule has 0 aliphatic heterocycles. The quantitative estimate of drug-likeness (QED) is 0.604. The predicted molar refractivity (Wildman–Crippen MR) is 98.3 cm³/mol. The maximum Gasteiger partial charge on any atom is 0.262 e. The number of hydrogen-bond acceptors (Lipinski definition) is 4. The van der Waals surface area contributed by atoms with E-state index >= 15 is 0 Å². The molecule has 26 heavy (non-hydrogen) atoms. The summed E-state index contributed by atoms with van der Waals surface area (Å²) in [6.07, 6.45) is 1.77. The van der Waals surface area contributed by atoms with Gasteiger partial charge in [0.15, 0.2) is 0 Å². The van der Waals surface area contributed by atoms with Gasteiger partial charge in [0.25, 0.3) is 5.91 Å². The third-order valence-electron chi connectivity index (χ3n) is 4.33. The number of ether oxygens (including phenoxy) is 1. The van der Waals surface area contributed by atoms with Crippen LogP contribution in [0.5, 0.6) is 5.75 Å². The maximum atomic E-state index is 13.1. The zero-order valence-corrected chi connectivity index (χ0v) is 14.2. The van der Waals surface area contributed by atoms with Gasteiger partial charge in [-0.1, -0.05) is 24.3 Å². The Kier molecular flexibility index (Phi) is 4.07. The van der Waals surface area contributed by atoms with Gasteiger partial charge in [0.1, 0.15) is 23.9 Å². The van der Waals surface area contributed by atoms with Crippen LogP contribution in [-0.2, 0) is 6.61 Å². The number of hydrogen-bond donors (Lipinski definition) is 1. The van der Waals surface area contributed by atoms with E-state index in [9.17, 15) is 9.90 Å². The van der Waals surface area contributed by atoms with E-state index in [2.05, 4.69) is 0 Å². The van der Waals surface area contributed by atoms with Crippen molar-refractivity contribution in [2.24, 2.45) is 0 Å². The van der Waals surface area contributed by atoms with E-state index in [-0.39, 0.29) is 12.5 Å². The van der Waals surface area contributed by atoms with Crippen LogP contribution in [0.4, 0.5) is 0 Å². The van der Waals surface area contributed by atoms with Gasteiger partial charge in [0.2, 0.25) is 0 Å². The van der Waals surface area contributed by atoms with Crippen molar-refractivity contribution < 1.29 is 19.1 Å². The van der Waals surface area contributed by atoms with Crippen molar-refractivity contribution in [3.05, 3.63) is 78.2 Å². The fourth-order valence-electron chi connectivity index (χ4n) is 3.05. The monoisotopic (exact) mass is 347 g/mol. The molecule has 2 aromatic carbocycles. The van der Waals surface area contributed by atoms with Gasteiger partial charge >= 0.3 is 0 Å². The lowest BCUT2D eigenvalue weighted by molar-refractivity contribution is 0.0964. The lowest BCUT2D eigenvalue weighted by Crippen LogP contribution is -2.10. The van der Waals surface area contributed by atoms with E-state index < -0.39 is 0 Å². The average molecular weight is 347 g/mol. The summed E-state index contributed by atoms with van der Waals surface area (Å²) in [5.41, 5.74) is 2.13. The molecule has 0 bridgehead atoms. The Morgan fingerprint density at radius 1 is 1.12 bits per heavy atom. The molecule has 0 aliphatic rings. The van der Waals surface area contributed by atoms with Gasteiger partial charge in [-0.3, -0.25) is 9.36 Å². The summed E-state index contributed by atoms with van der Waals surface area (Å²) in [7, 11) is 1.57. The topological polar surface area (TPSA) is 64.6 Å². The van der Waals surface area contributed by atoms with E-state index in [4.69, 9.17) is 9.15 Å². The highest BCUT2D eigenvalue weighted by Gasteiger charge is 2.18. The van der Waals surface area contributed by atoms with Crippen LogP contribution in [0.15, 0.2) is 71.3 Å². The minimum absolute atomic E-state index is 0.153. The minimum atomic E-state index is -0.165. The van der Waals surface area contributed by atoms with Gasteiger partial charge in [-0.25, -0.2) is 0 Å². The van der Waals surface area contributed by atoms with E-state index in [0.29, 0.717) is 22.8 Å². The molecule has 5 nitrogen and oxygen atoms in total. The maximum absolute atomic E-state index is 13.1. The Labute approximate surface area is 150 Å². The molecule has 0 spiro atoms. The van der Waals surface area contributed by atoms with E-state index in [0.717, 1.165) is 16.5 Å². The molecule has 1 N–H and O–H groups in total. The number of carbonyl (C=O) groups excluding carboxylic acids is 1. The standard InChI is InChI=1S/C21H17NO4/c1-25-15-6-4-5-14(11-15)21(24)22-12-18(17-7-2-3-8-19(17)22)20-10-9-16(13-23)26-20/h2-12,23H,13H2,1H3. The first-order valence-electron chi connectivity index (χ1n) is 8.20. The van der Waals surface area contributed by atoms with Crippen molar-refractivity contribution in [2.75, 3.05) is 7.11 Å². The molecule has 0 aliphatic carbocycles. The molecule has 0 fully saturated rings. The van der Waals surface area contributed by atoms with Gasteiger partial charge in [-0.2, -0.15) is 0 Å². The Bertz CT molecular complexity index is 1090. The second-order valence-corrected chi connectivity index (χ2v) is 5.89. The van der Waals surface area contributed by atoms with Crippen LogP contribution < -0.4 is 4.74 Å². The molecule has 0 saturated heterocycles. The highest BCUT2D eigenvalue weighted by atomic mass is 16.5. The average Bonchev–Trinajstić information content (AvgIpc) is 3.32. The molecular formula is C21H17NO4. The SMILES string of the molecule is COc1cccc(C(=O)n2cc(-c3ccc(CO)o3)c3ccccc32)c1. The number of aromatic nitrogens is 1. The zero-order chi connectivity index (χ0) is 18.1. The molecule has 0 unspecified atom stereocenters. The fourth-order valence-corrected chi connectivity index (χ4v) is 3.05. The van der Waals surface area contributed by atoms with Crippen LogP contribution >= 0.6 is 0 Å². The van der Waals surface area contributed by atoms with Gasteiger partial charge < -0.3 is 14.3 Å². The summed E-state index contributed by atoms with van der Waals surface area (Å²) in [6, 6.07) is 18.2. The number of furan rings is 1. The molecule has 0 atom stereocenters. The first kappa shape index (κ1) is 16.2. The predicted octanol–water partition coefficient (Wildman–Crippen LogP) is 4.09. The summed E-state index contributed by atoms with van der Waals surface area (Å²) in [6.45, 7) is -0.165. The third-order valence-corrected chi connectivity index (χ3v) is 4.33. The number of benzene rings is 2. The van der Waals surface area contributed by atoms with E-state index in [1.807, 2.05) is 24.3 Å². The van der Waals surface area contributed by atoms with E-state index in [1.165, 1.54) is 0 Å². The number of para-hydroxylation sites is 1. The molecule has 5 heteroatoms. The second kappa shape index (κ2) is 6.54. The molecule has 4 aromatic rings. The molecule has 0 radical (unpaired) electrons. The lowest BCUT2D eigenvalue weighted by atomic mass is 10.1. The van der Waals surface area contributed by atoms with Crippen molar-refractivity contribution in [2.45, 2.75) is 6.61 Å². The molecule has 2 aromatic heterocycles. The van der Waals surface area contributed by atoms with Crippen molar-refractivity contribution in [1.82, 2.24) is 4.57 Å². The van der Waals surface area contributed by atoms with Gasteiger partial charge in [0.05, 0.1) is 12.6 Å². The first-order chi connectivity index (χ1) is 12.7. The number of aliphatic hydroxyl groups excluding tert-OH is 1. The second-order valence-electron chi connectivity index (χ2n) is 5.89. The molecule has 130 valence electrons. The number of nitrogens with zero attached hydrogens (tertiary/aromatic N) is 1. The van der Waals surface area contributed by atoms with Crippen molar-refractivity contribution in [3.63, 3.8) is 0 Å². The summed E-state index contributed by atoms with van der Waals surface area (Å²) < 4.78 is 12.5. The number of fused-ring (bicyclic) bond motifs is 1. The third kappa shape index (κ3) is 2.68. The smallest absolute Gasteiger partial charge is 0.262 e. The van der Waals surface area contributed by atoms with E-state index in [1.54, 1.807) is 54.3 Å². The van der Waals surface area contributed by atoms with Crippen molar-refractivity contribution in [3.8, 4) is 17.1 Å². The number of carbonyl (C=O) groups is 1. The molecular weight excluding hydrogens is 330 g/mol. The molecule has 4 rings (SSSR count). The van der Waals surface area contributed by atoms with Crippen molar-refractivity contribution >= 4 is 16.8 Å². The first-order valence-corrected chi connectivity index (χ1v) is 8.20. The van der Waals surface area contributed by atoms with Crippen LogP contribution in [0.3, 0.4) is 0 Å². The molecule has 0 amide bonds. The fraction of sp³-hybridized carbons (Fsp3) is 0.0952. The number of rotatable bonds is 4. The Balaban J connectivity index is 1.86. The number of aliphatic hydroxyl groups is 1. The molecule has 0 saturated carbocycles. The summed E-state index contributed by atoms with van der Waals surface area (Å²) in [4.78, 5) is 13.1. The summed E-state index contributed by atoms with van der Waals surface area (Å²) in [5.74, 6) is 1.57. The van der Waals surface area contributed by atoms with Crippen LogP contribution in [-0.4, -0.2) is 22.7 Å². The van der Waals surface area contributed by atoms with Crippen LogP contribution in [0.1, 0.15) is 16.1 Å². The summed E-state index contributed by atoms with van der Waals surface area (Å²) >= 11 is 0. The van der Waals surface area contributed by atoms with Crippen molar-refractivity contribution in [1.29, 1.82) is 0 Å².